The average Bonchev–Trinajstić information content (AvgIpc) is 3.38. The van der Waals surface area contributed by atoms with E-state index in [4.69, 9.17) is 21.8 Å². The van der Waals surface area contributed by atoms with Gasteiger partial charge in [0.15, 0.2) is 5.83 Å². The second-order valence-electron chi connectivity index (χ2n) is 11.3. The van der Waals surface area contributed by atoms with E-state index in [9.17, 15) is 22.4 Å². The molecule has 3 aliphatic rings. The fraction of sp³-hybridized carbons (Fsp3) is 0.552. The van der Waals surface area contributed by atoms with Crippen molar-refractivity contribution in [3.63, 3.8) is 0 Å². The minimum Gasteiger partial charge on any atom is -0.462 e. The Morgan fingerprint density at radius 3 is 2.68 bits per heavy atom. The molecule has 2 fully saturated rings. The van der Waals surface area contributed by atoms with Crippen LogP contribution in [0.4, 0.5) is 29.2 Å². The van der Waals surface area contributed by atoms with Crippen LogP contribution in [0.5, 0.6) is 6.01 Å². The normalized spacial score (nSPS) is 22.4. The first-order chi connectivity index (χ1) is 20.9. The number of carbonyl (C=O) groups is 1. The number of ether oxygens (including phenoxy) is 2. The number of amides is 1. The maximum absolute atomic E-state index is 14.1. The Balaban J connectivity index is 1.50. The van der Waals surface area contributed by atoms with Crippen LogP contribution in [0, 0.1) is 13.5 Å². The Morgan fingerprint density at radius 2 is 2.02 bits per heavy atom. The summed E-state index contributed by atoms with van der Waals surface area (Å²) in [5.41, 5.74) is 5.57. The number of carbonyl (C=O) groups excluding carboxylic acids is 1. The monoisotopic (exact) mass is 618 g/mol. The smallest absolute Gasteiger partial charge is 0.418 e. The Kier molecular flexibility index (Phi) is 8.94. The lowest BCUT2D eigenvalue weighted by Crippen LogP contribution is -2.57. The van der Waals surface area contributed by atoms with Gasteiger partial charge in [0.1, 0.15) is 30.4 Å². The minimum absolute atomic E-state index is 0.0465. The molecule has 15 heteroatoms. The average molecular weight is 619 g/mol. The molecule has 2 N–H and O–H groups in total. The zero-order valence-corrected chi connectivity index (χ0v) is 24.5. The molecule has 3 aliphatic heterocycles. The molecule has 0 bridgehead atoms. The van der Waals surface area contributed by atoms with Gasteiger partial charge in [0.2, 0.25) is 6.54 Å². The van der Waals surface area contributed by atoms with E-state index in [1.807, 2.05) is 11.9 Å². The lowest BCUT2D eigenvalue weighted by Gasteiger charge is -2.40. The number of hydrogen-bond acceptors (Lipinski definition) is 9. The van der Waals surface area contributed by atoms with Gasteiger partial charge in [0, 0.05) is 37.7 Å². The topological polar surface area (TPSA) is 114 Å². The molecule has 0 saturated carbocycles. The molecule has 3 atom stereocenters. The number of hydrogen-bond donors (Lipinski definition) is 1. The minimum atomic E-state index is -4.68. The molecule has 1 amide bonds. The Bertz CT molecular complexity index is 1480. The van der Waals surface area contributed by atoms with Gasteiger partial charge in [0.05, 0.1) is 23.6 Å². The zero-order chi connectivity index (χ0) is 31.8. The largest absolute Gasteiger partial charge is 0.462 e. The van der Waals surface area contributed by atoms with E-state index in [-0.39, 0.29) is 68.3 Å². The molecule has 2 aromatic heterocycles. The van der Waals surface area contributed by atoms with E-state index in [2.05, 4.69) is 31.3 Å². The molecule has 0 aliphatic carbocycles. The van der Waals surface area contributed by atoms with Gasteiger partial charge in [-0.15, -0.1) is 0 Å². The summed E-state index contributed by atoms with van der Waals surface area (Å²) in [4.78, 5) is 34.5. The SMILES string of the molecule is [C-]#[N+]C[C@H]1CN(c2nc(OC[C@H]3CCCN3C)nc3c2COC(c2nc(N)cc(C)c2C(F)(F)F)C3)CCN1C(=O)C(=C)F. The van der Waals surface area contributed by atoms with Crippen molar-refractivity contribution in [2.75, 3.05) is 57.0 Å². The second kappa shape index (κ2) is 12.5. The molecule has 11 nitrogen and oxygen atoms in total. The first-order valence-corrected chi connectivity index (χ1v) is 14.3. The second-order valence-corrected chi connectivity index (χ2v) is 11.3. The number of nitrogens with two attached hydrogens (primary N) is 1. The van der Waals surface area contributed by atoms with Gasteiger partial charge >= 0.3 is 12.2 Å². The quantitative estimate of drug-likeness (QED) is 0.283. The summed E-state index contributed by atoms with van der Waals surface area (Å²) in [6, 6.07) is 0.756. The van der Waals surface area contributed by atoms with Crippen LogP contribution >= 0.6 is 0 Å². The summed E-state index contributed by atoms with van der Waals surface area (Å²) in [5, 5.41) is 0. The predicted octanol–water partition coefficient (Wildman–Crippen LogP) is 3.49. The summed E-state index contributed by atoms with van der Waals surface area (Å²) in [6.45, 7) is 13.4. The molecule has 2 aromatic rings. The van der Waals surface area contributed by atoms with Gasteiger partial charge < -0.3 is 34.8 Å². The summed E-state index contributed by atoms with van der Waals surface area (Å²) in [5.74, 6) is -1.60. The molecule has 5 heterocycles. The third-order valence-electron chi connectivity index (χ3n) is 8.36. The molecule has 236 valence electrons. The number of likely N-dealkylation sites (tertiary alicyclic amines) is 1. The van der Waals surface area contributed by atoms with Crippen molar-refractivity contribution in [2.24, 2.45) is 0 Å². The van der Waals surface area contributed by atoms with Gasteiger partial charge in [0.25, 0.3) is 5.91 Å². The molecule has 0 aromatic carbocycles. The molecule has 1 unspecified atom stereocenters. The first kappa shape index (κ1) is 31.4. The van der Waals surface area contributed by atoms with Crippen LogP contribution in [-0.4, -0.2) is 89.1 Å². The number of aromatic nitrogens is 3. The maximum Gasteiger partial charge on any atom is 0.418 e. The third kappa shape index (κ3) is 6.41. The van der Waals surface area contributed by atoms with E-state index < -0.39 is 35.6 Å². The van der Waals surface area contributed by atoms with Crippen molar-refractivity contribution in [1.29, 1.82) is 0 Å². The van der Waals surface area contributed by atoms with E-state index >= 15 is 0 Å². The highest BCUT2D eigenvalue weighted by atomic mass is 19.4. The lowest BCUT2D eigenvalue weighted by atomic mass is 9.96. The standard InChI is InChI=1S/C29H34F4N8O3/c1-16-10-23(34)37-25(24(16)29(31,32)33)22-11-21-20(15-43-22)26(38-28(36-21)44-14-18-6-5-7-39(18)4)40-8-9-41(27(42)17(2)30)19(13-40)12-35-3/h10,18-19,22H,2,5-9,11-15H2,1,4H3,(H2,34,37)/t18-,19+,22?/m1/s1. The number of fused-ring (bicyclic) bond motifs is 1. The number of nitrogens with zero attached hydrogens (tertiary/aromatic N) is 7. The van der Waals surface area contributed by atoms with Crippen LogP contribution < -0.4 is 15.4 Å². The number of halogens is 4. The summed E-state index contributed by atoms with van der Waals surface area (Å²) in [7, 11) is 2.01. The van der Waals surface area contributed by atoms with Gasteiger partial charge in [-0.2, -0.15) is 23.1 Å². The molecular weight excluding hydrogens is 584 g/mol. The van der Waals surface area contributed by atoms with Crippen molar-refractivity contribution in [3.05, 3.63) is 58.0 Å². The number of rotatable bonds is 7. The van der Waals surface area contributed by atoms with Crippen molar-refractivity contribution >= 4 is 17.5 Å². The predicted molar refractivity (Wildman–Crippen MR) is 152 cm³/mol. The number of pyridine rings is 1. The van der Waals surface area contributed by atoms with Crippen LogP contribution in [0.15, 0.2) is 18.5 Å². The van der Waals surface area contributed by atoms with Crippen molar-refractivity contribution in [3.8, 4) is 6.01 Å². The third-order valence-corrected chi connectivity index (χ3v) is 8.36. The number of anilines is 2. The maximum atomic E-state index is 14.1. The lowest BCUT2D eigenvalue weighted by molar-refractivity contribution is -0.140. The van der Waals surface area contributed by atoms with Crippen molar-refractivity contribution in [2.45, 2.75) is 57.2 Å². The van der Waals surface area contributed by atoms with Crippen LogP contribution in [0.3, 0.4) is 0 Å². The van der Waals surface area contributed by atoms with E-state index in [1.165, 1.54) is 17.9 Å². The highest BCUT2D eigenvalue weighted by Gasteiger charge is 2.41. The molecule has 5 rings (SSSR count). The van der Waals surface area contributed by atoms with Crippen LogP contribution in [0.1, 0.15) is 47.0 Å². The first-order valence-electron chi connectivity index (χ1n) is 14.3. The molecule has 0 spiro atoms. The summed E-state index contributed by atoms with van der Waals surface area (Å²) < 4.78 is 68.1. The highest BCUT2D eigenvalue weighted by Crippen LogP contribution is 2.42. The number of piperazine rings is 1. The van der Waals surface area contributed by atoms with Gasteiger partial charge in [-0.25, -0.2) is 15.9 Å². The Labute approximate surface area is 252 Å². The van der Waals surface area contributed by atoms with Crippen LogP contribution in [0.2, 0.25) is 0 Å². The van der Waals surface area contributed by atoms with Crippen molar-refractivity contribution in [1.82, 2.24) is 24.8 Å². The van der Waals surface area contributed by atoms with Crippen LogP contribution in [0.25, 0.3) is 4.85 Å². The fourth-order valence-electron chi connectivity index (χ4n) is 6.15. The highest BCUT2D eigenvalue weighted by molar-refractivity contribution is 5.91. The van der Waals surface area contributed by atoms with E-state index in [0.717, 1.165) is 19.4 Å². The summed E-state index contributed by atoms with van der Waals surface area (Å²) in [6.07, 6.45) is -3.83. The number of alkyl halides is 3. The number of nitrogen functional groups attached to an aromatic ring is 1. The van der Waals surface area contributed by atoms with Crippen LogP contribution in [-0.2, 0) is 28.7 Å². The molecule has 2 saturated heterocycles. The molecule has 44 heavy (non-hydrogen) atoms. The van der Waals surface area contributed by atoms with E-state index in [1.54, 1.807) is 0 Å². The van der Waals surface area contributed by atoms with E-state index in [0.29, 0.717) is 23.7 Å². The Hall–Kier alpha value is -4.03. The molecular formula is C29H34F4N8O3. The Morgan fingerprint density at radius 1 is 1.25 bits per heavy atom. The van der Waals surface area contributed by atoms with Gasteiger partial charge in [-0.05, 0) is 45.0 Å². The number of aryl methyl sites for hydroxylation is 1. The van der Waals surface area contributed by atoms with Gasteiger partial charge in [-0.3, -0.25) is 4.79 Å². The fourth-order valence-corrected chi connectivity index (χ4v) is 6.15. The van der Waals surface area contributed by atoms with Gasteiger partial charge in [-0.1, -0.05) is 6.58 Å². The number of likely N-dealkylation sites (N-methyl/N-ethyl adjacent to an activating group) is 1. The summed E-state index contributed by atoms with van der Waals surface area (Å²) >= 11 is 0. The zero-order valence-electron chi connectivity index (χ0n) is 24.5. The molecule has 0 radical (unpaired) electrons. The van der Waals surface area contributed by atoms with Crippen molar-refractivity contribution < 1.29 is 31.8 Å².